The average Bonchev–Trinajstić information content (AvgIpc) is 2.69. The molecule has 8 heteroatoms. The number of carbonyl (C=O) groups is 2. The van der Waals surface area contributed by atoms with Crippen LogP contribution in [0.15, 0.2) is 36.7 Å². The first-order valence-corrected chi connectivity index (χ1v) is 9.84. The first-order chi connectivity index (χ1) is 13.9. The van der Waals surface area contributed by atoms with Crippen molar-refractivity contribution in [1.29, 1.82) is 0 Å². The molecular formula is C21H26FN5O2. The molecule has 0 bridgehead atoms. The van der Waals surface area contributed by atoms with Crippen molar-refractivity contribution >= 4 is 23.2 Å². The van der Waals surface area contributed by atoms with Gasteiger partial charge in [-0.25, -0.2) is 14.4 Å². The Morgan fingerprint density at radius 2 is 2.00 bits per heavy atom. The van der Waals surface area contributed by atoms with E-state index in [0.717, 1.165) is 31.5 Å². The van der Waals surface area contributed by atoms with Gasteiger partial charge < -0.3 is 15.5 Å². The van der Waals surface area contributed by atoms with E-state index in [2.05, 4.69) is 34.4 Å². The van der Waals surface area contributed by atoms with Gasteiger partial charge >= 0.3 is 11.8 Å². The zero-order chi connectivity index (χ0) is 20.8. The zero-order valence-electron chi connectivity index (χ0n) is 16.7. The number of nitrogens with one attached hydrogen (secondary N) is 2. The quantitative estimate of drug-likeness (QED) is 0.755. The number of rotatable bonds is 5. The molecule has 7 nitrogen and oxygen atoms in total. The highest BCUT2D eigenvalue weighted by Crippen LogP contribution is 2.20. The first-order valence-electron chi connectivity index (χ1n) is 9.84. The van der Waals surface area contributed by atoms with E-state index in [4.69, 9.17) is 0 Å². The van der Waals surface area contributed by atoms with Gasteiger partial charge in [-0.2, -0.15) is 0 Å². The Hall–Kier alpha value is -3.03. The topological polar surface area (TPSA) is 87.2 Å². The maximum Gasteiger partial charge on any atom is 0.313 e. The number of halogens is 1. The molecule has 0 spiro atoms. The molecule has 154 valence electrons. The van der Waals surface area contributed by atoms with Crippen LogP contribution in [0.2, 0.25) is 0 Å². The summed E-state index contributed by atoms with van der Waals surface area (Å²) in [6.45, 7) is 5.45. The average molecular weight is 399 g/mol. The Bertz CT molecular complexity index is 856. The minimum Gasteiger partial charge on any atom is -0.369 e. The second kappa shape index (κ2) is 9.45. The highest BCUT2D eigenvalue weighted by atomic mass is 19.1. The number of anilines is 2. The number of hydrogen-bond acceptors (Lipinski definition) is 5. The van der Waals surface area contributed by atoms with Gasteiger partial charge in [-0.15, -0.1) is 0 Å². The summed E-state index contributed by atoms with van der Waals surface area (Å²) in [5.41, 5.74) is 1.15. The van der Waals surface area contributed by atoms with Gasteiger partial charge in [0.05, 0.1) is 18.1 Å². The summed E-state index contributed by atoms with van der Waals surface area (Å²) in [6.07, 6.45) is 5.36. The molecule has 1 aliphatic heterocycles. The summed E-state index contributed by atoms with van der Waals surface area (Å²) >= 11 is 0. The highest BCUT2D eigenvalue weighted by Gasteiger charge is 2.24. The fourth-order valence-corrected chi connectivity index (χ4v) is 3.33. The number of piperidine rings is 1. The van der Waals surface area contributed by atoms with Crippen LogP contribution in [0, 0.1) is 11.7 Å². The van der Waals surface area contributed by atoms with Crippen LogP contribution >= 0.6 is 0 Å². The van der Waals surface area contributed by atoms with Crippen molar-refractivity contribution in [2.75, 3.05) is 23.3 Å². The third-order valence-corrected chi connectivity index (χ3v) is 4.69. The van der Waals surface area contributed by atoms with Crippen molar-refractivity contribution in [3.8, 4) is 0 Å². The summed E-state index contributed by atoms with van der Waals surface area (Å²) in [6, 6.07) is 6.18. The van der Waals surface area contributed by atoms with Crippen LogP contribution in [-0.2, 0) is 16.0 Å². The van der Waals surface area contributed by atoms with Crippen molar-refractivity contribution < 1.29 is 14.0 Å². The molecule has 3 rings (SSSR count). The molecule has 0 radical (unpaired) electrons. The standard InChI is InChI=1S/C21H26FN5O2/c1-14(2)9-19-23-11-17(12-24-19)26-21(29)20(28)25-16-6-4-8-27(13-16)18-7-3-5-15(22)10-18/h3,5,7,10-12,14,16H,4,6,8-9,13H2,1-2H3,(H,25,28)(H,26,29). The number of nitrogens with zero attached hydrogens (tertiary/aromatic N) is 3. The Morgan fingerprint density at radius 1 is 1.24 bits per heavy atom. The molecule has 2 heterocycles. The lowest BCUT2D eigenvalue weighted by Crippen LogP contribution is -2.50. The molecule has 0 saturated carbocycles. The van der Waals surface area contributed by atoms with Gasteiger partial charge in [0.25, 0.3) is 0 Å². The molecule has 2 N–H and O–H groups in total. The Kier molecular flexibility index (Phi) is 6.74. The lowest BCUT2D eigenvalue weighted by molar-refractivity contribution is -0.136. The minimum atomic E-state index is -0.756. The second-order valence-corrected chi connectivity index (χ2v) is 7.68. The van der Waals surface area contributed by atoms with E-state index >= 15 is 0 Å². The van der Waals surface area contributed by atoms with E-state index in [0.29, 0.717) is 24.0 Å². The third-order valence-electron chi connectivity index (χ3n) is 4.69. The van der Waals surface area contributed by atoms with Gasteiger partial charge in [0.15, 0.2) is 0 Å². The molecule has 29 heavy (non-hydrogen) atoms. The van der Waals surface area contributed by atoms with Crippen LogP contribution in [0.25, 0.3) is 0 Å². The Morgan fingerprint density at radius 3 is 2.69 bits per heavy atom. The molecule has 1 atom stereocenters. The SMILES string of the molecule is CC(C)Cc1ncc(NC(=O)C(=O)NC2CCCN(c3cccc(F)c3)C2)cn1. The number of benzene rings is 1. The minimum absolute atomic E-state index is 0.185. The smallest absolute Gasteiger partial charge is 0.313 e. The Balaban J connectivity index is 1.53. The third kappa shape index (κ3) is 5.97. The molecule has 1 saturated heterocycles. The van der Waals surface area contributed by atoms with Gasteiger partial charge in [-0.3, -0.25) is 9.59 Å². The molecular weight excluding hydrogens is 373 g/mol. The van der Waals surface area contributed by atoms with Gasteiger partial charge in [-0.1, -0.05) is 19.9 Å². The van der Waals surface area contributed by atoms with E-state index in [-0.39, 0.29) is 11.9 Å². The maximum atomic E-state index is 13.5. The monoisotopic (exact) mass is 399 g/mol. The molecule has 1 aliphatic rings. The summed E-state index contributed by atoms with van der Waals surface area (Å²) < 4.78 is 13.5. The lowest BCUT2D eigenvalue weighted by atomic mass is 10.0. The molecule has 2 amide bonds. The predicted octanol–water partition coefficient (Wildman–Crippen LogP) is 2.54. The predicted molar refractivity (Wildman–Crippen MR) is 109 cm³/mol. The first kappa shape index (κ1) is 20.7. The summed E-state index contributed by atoms with van der Waals surface area (Å²) in [5.74, 6) is -0.629. The van der Waals surface area contributed by atoms with Crippen LogP contribution in [0.3, 0.4) is 0 Å². The van der Waals surface area contributed by atoms with Crippen LogP contribution < -0.4 is 15.5 Å². The molecule has 1 aromatic carbocycles. The van der Waals surface area contributed by atoms with Gasteiger partial charge in [-0.05, 0) is 37.0 Å². The largest absolute Gasteiger partial charge is 0.369 e. The number of carbonyl (C=O) groups excluding carboxylic acids is 2. The van der Waals surface area contributed by atoms with E-state index in [1.807, 2.05) is 11.0 Å². The fourth-order valence-electron chi connectivity index (χ4n) is 3.33. The Labute approximate surface area is 169 Å². The van der Waals surface area contributed by atoms with E-state index in [1.54, 1.807) is 6.07 Å². The van der Waals surface area contributed by atoms with Gasteiger partial charge in [0, 0.05) is 31.2 Å². The van der Waals surface area contributed by atoms with Gasteiger partial charge in [0.1, 0.15) is 11.6 Å². The van der Waals surface area contributed by atoms with Gasteiger partial charge in [0.2, 0.25) is 0 Å². The number of amides is 2. The summed E-state index contributed by atoms with van der Waals surface area (Å²) in [5, 5.41) is 5.29. The van der Waals surface area contributed by atoms with Crippen molar-refractivity contribution in [2.45, 2.75) is 39.2 Å². The van der Waals surface area contributed by atoms with Crippen LogP contribution in [0.4, 0.5) is 15.8 Å². The van der Waals surface area contributed by atoms with Crippen LogP contribution in [-0.4, -0.2) is 40.9 Å². The molecule has 2 aromatic rings. The lowest BCUT2D eigenvalue weighted by Gasteiger charge is -2.34. The second-order valence-electron chi connectivity index (χ2n) is 7.68. The molecule has 1 fully saturated rings. The highest BCUT2D eigenvalue weighted by molar-refractivity contribution is 6.39. The fraction of sp³-hybridized carbons (Fsp3) is 0.429. The van der Waals surface area contributed by atoms with Crippen molar-refractivity contribution in [1.82, 2.24) is 15.3 Å². The molecule has 0 aliphatic carbocycles. The number of aromatic nitrogens is 2. The van der Waals surface area contributed by atoms with Crippen LogP contribution in [0.1, 0.15) is 32.5 Å². The number of hydrogen-bond donors (Lipinski definition) is 2. The van der Waals surface area contributed by atoms with E-state index in [1.165, 1.54) is 24.5 Å². The molecule has 1 aromatic heterocycles. The van der Waals surface area contributed by atoms with Crippen molar-refractivity contribution in [3.63, 3.8) is 0 Å². The summed E-state index contributed by atoms with van der Waals surface area (Å²) in [4.78, 5) is 34.9. The van der Waals surface area contributed by atoms with Crippen LogP contribution in [0.5, 0.6) is 0 Å². The molecule has 1 unspecified atom stereocenters. The zero-order valence-corrected chi connectivity index (χ0v) is 16.7. The van der Waals surface area contributed by atoms with Crippen molar-refractivity contribution in [2.24, 2.45) is 5.92 Å². The summed E-state index contributed by atoms with van der Waals surface area (Å²) in [7, 11) is 0. The van der Waals surface area contributed by atoms with Crippen molar-refractivity contribution in [3.05, 3.63) is 48.3 Å². The van der Waals surface area contributed by atoms with E-state index < -0.39 is 11.8 Å². The van der Waals surface area contributed by atoms with E-state index in [9.17, 15) is 14.0 Å². The maximum absolute atomic E-state index is 13.5. The normalized spacial score (nSPS) is 16.6.